The molecular formula is C18H34N4O. The number of guanidine groups is 1. The van der Waals surface area contributed by atoms with Crippen molar-refractivity contribution in [1.29, 1.82) is 0 Å². The Morgan fingerprint density at radius 3 is 2.61 bits per heavy atom. The normalized spacial score (nSPS) is 33.4. The Labute approximate surface area is 141 Å². The van der Waals surface area contributed by atoms with Crippen LogP contribution in [-0.4, -0.2) is 73.3 Å². The fourth-order valence-corrected chi connectivity index (χ4v) is 4.49. The molecule has 0 spiro atoms. The Morgan fingerprint density at radius 1 is 1.09 bits per heavy atom. The zero-order valence-corrected chi connectivity index (χ0v) is 14.7. The standard InChI is InChI=1S/C18H34N4O/c1-19-18(20-12-16-6-5-7-17(16)23)22-11-8-15(14-22)13-21-9-3-2-4-10-21/h15-17,23H,2-14H2,1H3,(H,19,20). The van der Waals surface area contributed by atoms with Crippen molar-refractivity contribution in [1.82, 2.24) is 15.1 Å². The van der Waals surface area contributed by atoms with Crippen molar-refractivity contribution in [3.05, 3.63) is 0 Å². The number of aliphatic imine (C=N–C) groups is 1. The van der Waals surface area contributed by atoms with Crippen LogP contribution in [0, 0.1) is 11.8 Å². The third-order valence-corrected chi connectivity index (χ3v) is 5.90. The molecule has 132 valence electrons. The summed E-state index contributed by atoms with van der Waals surface area (Å²) >= 11 is 0. The number of nitrogens with one attached hydrogen (secondary N) is 1. The molecule has 0 radical (unpaired) electrons. The number of hydrogen-bond acceptors (Lipinski definition) is 3. The van der Waals surface area contributed by atoms with Gasteiger partial charge in [0.25, 0.3) is 0 Å². The SMILES string of the molecule is CN=C(NCC1CCCC1O)N1CCC(CN2CCCCC2)C1. The summed E-state index contributed by atoms with van der Waals surface area (Å²) in [4.78, 5) is 9.54. The first-order valence-electron chi connectivity index (χ1n) is 9.62. The highest BCUT2D eigenvalue weighted by molar-refractivity contribution is 5.80. The first-order valence-corrected chi connectivity index (χ1v) is 9.62. The average molecular weight is 322 g/mol. The maximum atomic E-state index is 9.97. The summed E-state index contributed by atoms with van der Waals surface area (Å²) in [6.07, 6.45) is 8.60. The third-order valence-electron chi connectivity index (χ3n) is 5.90. The molecule has 0 aromatic rings. The van der Waals surface area contributed by atoms with Crippen LogP contribution < -0.4 is 5.32 Å². The topological polar surface area (TPSA) is 51.1 Å². The minimum Gasteiger partial charge on any atom is -0.393 e. The van der Waals surface area contributed by atoms with E-state index in [1.54, 1.807) is 0 Å². The number of rotatable bonds is 4. The van der Waals surface area contributed by atoms with Crippen LogP contribution in [0.15, 0.2) is 4.99 Å². The van der Waals surface area contributed by atoms with E-state index in [9.17, 15) is 5.11 Å². The van der Waals surface area contributed by atoms with Gasteiger partial charge in [-0.25, -0.2) is 0 Å². The molecule has 0 aromatic heterocycles. The van der Waals surface area contributed by atoms with Crippen molar-refractivity contribution in [2.24, 2.45) is 16.8 Å². The molecule has 3 atom stereocenters. The Bertz CT molecular complexity index is 394. The zero-order chi connectivity index (χ0) is 16.1. The maximum Gasteiger partial charge on any atom is 0.193 e. The molecule has 2 aliphatic heterocycles. The molecule has 2 heterocycles. The molecule has 1 aliphatic carbocycles. The van der Waals surface area contributed by atoms with Crippen LogP contribution in [0.25, 0.3) is 0 Å². The van der Waals surface area contributed by atoms with E-state index in [-0.39, 0.29) is 6.10 Å². The minimum absolute atomic E-state index is 0.119. The number of aliphatic hydroxyl groups excluding tert-OH is 1. The van der Waals surface area contributed by atoms with Gasteiger partial charge in [0.2, 0.25) is 0 Å². The van der Waals surface area contributed by atoms with Gasteiger partial charge in [0, 0.05) is 39.1 Å². The van der Waals surface area contributed by atoms with E-state index in [4.69, 9.17) is 0 Å². The molecule has 3 unspecified atom stereocenters. The van der Waals surface area contributed by atoms with Crippen molar-refractivity contribution in [3.63, 3.8) is 0 Å². The van der Waals surface area contributed by atoms with Crippen molar-refractivity contribution >= 4 is 5.96 Å². The van der Waals surface area contributed by atoms with Crippen LogP contribution in [0.4, 0.5) is 0 Å². The molecule has 0 aromatic carbocycles. The molecule has 2 N–H and O–H groups in total. The van der Waals surface area contributed by atoms with Gasteiger partial charge in [0.15, 0.2) is 5.96 Å². The molecular weight excluding hydrogens is 288 g/mol. The van der Waals surface area contributed by atoms with Crippen molar-refractivity contribution in [2.45, 2.75) is 51.0 Å². The van der Waals surface area contributed by atoms with Gasteiger partial charge in [0.05, 0.1) is 6.10 Å². The van der Waals surface area contributed by atoms with Gasteiger partial charge < -0.3 is 20.2 Å². The molecule has 0 amide bonds. The molecule has 3 aliphatic rings. The van der Waals surface area contributed by atoms with Gasteiger partial charge in [-0.15, -0.1) is 0 Å². The molecule has 5 nitrogen and oxygen atoms in total. The predicted octanol–water partition coefficient (Wildman–Crippen LogP) is 1.53. The van der Waals surface area contributed by atoms with E-state index >= 15 is 0 Å². The maximum absolute atomic E-state index is 9.97. The van der Waals surface area contributed by atoms with Crippen LogP contribution in [0.1, 0.15) is 44.9 Å². The van der Waals surface area contributed by atoms with Crippen LogP contribution in [0.2, 0.25) is 0 Å². The molecule has 1 saturated carbocycles. The van der Waals surface area contributed by atoms with E-state index in [1.807, 2.05) is 7.05 Å². The monoisotopic (exact) mass is 322 g/mol. The largest absolute Gasteiger partial charge is 0.393 e. The smallest absolute Gasteiger partial charge is 0.193 e. The molecule has 3 rings (SSSR count). The van der Waals surface area contributed by atoms with Gasteiger partial charge in [0.1, 0.15) is 0 Å². The van der Waals surface area contributed by atoms with E-state index in [1.165, 1.54) is 45.3 Å². The summed E-state index contributed by atoms with van der Waals surface area (Å²) in [5.41, 5.74) is 0. The summed E-state index contributed by atoms with van der Waals surface area (Å²) in [6, 6.07) is 0. The molecule has 3 fully saturated rings. The highest BCUT2D eigenvalue weighted by atomic mass is 16.3. The summed E-state index contributed by atoms with van der Waals surface area (Å²) in [5.74, 6) is 2.22. The van der Waals surface area contributed by atoms with E-state index < -0.39 is 0 Å². The van der Waals surface area contributed by atoms with Gasteiger partial charge in [-0.05, 0) is 51.1 Å². The highest BCUT2D eigenvalue weighted by Gasteiger charge is 2.29. The molecule has 5 heteroatoms. The number of likely N-dealkylation sites (tertiary alicyclic amines) is 2. The lowest BCUT2D eigenvalue weighted by Gasteiger charge is -2.29. The Balaban J connectivity index is 1.42. The summed E-state index contributed by atoms with van der Waals surface area (Å²) in [5, 5.41) is 13.5. The fourth-order valence-electron chi connectivity index (χ4n) is 4.49. The average Bonchev–Trinajstić information content (AvgIpc) is 3.19. The van der Waals surface area contributed by atoms with Crippen molar-refractivity contribution in [3.8, 4) is 0 Å². The van der Waals surface area contributed by atoms with Crippen molar-refractivity contribution < 1.29 is 5.11 Å². The van der Waals surface area contributed by atoms with E-state index in [2.05, 4.69) is 20.1 Å². The summed E-state index contributed by atoms with van der Waals surface area (Å²) < 4.78 is 0. The lowest BCUT2D eigenvalue weighted by molar-refractivity contribution is 0.134. The minimum atomic E-state index is -0.119. The van der Waals surface area contributed by atoms with Gasteiger partial charge in [-0.3, -0.25) is 4.99 Å². The lowest BCUT2D eigenvalue weighted by atomic mass is 10.1. The van der Waals surface area contributed by atoms with Crippen LogP contribution in [0.3, 0.4) is 0 Å². The van der Waals surface area contributed by atoms with Crippen LogP contribution >= 0.6 is 0 Å². The Morgan fingerprint density at radius 2 is 1.91 bits per heavy atom. The van der Waals surface area contributed by atoms with Crippen molar-refractivity contribution in [2.75, 3.05) is 46.3 Å². The third kappa shape index (κ3) is 4.60. The molecule has 2 saturated heterocycles. The first-order chi connectivity index (χ1) is 11.3. The number of hydrogen-bond donors (Lipinski definition) is 2. The molecule has 23 heavy (non-hydrogen) atoms. The van der Waals surface area contributed by atoms with E-state index in [0.717, 1.165) is 50.8 Å². The summed E-state index contributed by atoms with van der Waals surface area (Å²) in [7, 11) is 1.88. The van der Waals surface area contributed by atoms with Gasteiger partial charge in [-0.2, -0.15) is 0 Å². The van der Waals surface area contributed by atoms with Gasteiger partial charge >= 0.3 is 0 Å². The Kier molecular flexibility index (Phi) is 6.17. The highest BCUT2D eigenvalue weighted by Crippen LogP contribution is 2.25. The van der Waals surface area contributed by atoms with Crippen LogP contribution in [-0.2, 0) is 0 Å². The fraction of sp³-hybridized carbons (Fsp3) is 0.944. The van der Waals surface area contributed by atoms with E-state index in [0.29, 0.717) is 5.92 Å². The predicted molar refractivity (Wildman–Crippen MR) is 94.7 cm³/mol. The second-order valence-electron chi connectivity index (χ2n) is 7.65. The second kappa shape index (κ2) is 8.34. The first kappa shape index (κ1) is 17.0. The van der Waals surface area contributed by atoms with Crippen LogP contribution in [0.5, 0.6) is 0 Å². The lowest BCUT2D eigenvalue weighted by Crippen LogP contribution is -2.43. The van der Waals surface area contributed by atoms with Gasteiger partial charge in [-0.1, -0.05) is 12.8 Å². The molecule has 0 bridgehead atoms. The zero-order valence-electron chi connectivity index (χ0n) is 14.7. The Hall–Kier alpha value is -0.810. The summed E-state index contributed by atoms with van der Waals surface area (Å²) in [6.45, 7) is 6.96. The number of piperidine rings is 1. The second-order valence-corrected chi connectivity index (χ2v) is 7.65. The quantitative estimate of drug-likeness (QED) is 0.609. The number of nitrogens with zero attached hydrogens (tertiary/aromatic N) is 3. The number of aliphatic hydroxyl groups is 1.